The number of nitrogens with zero attached hydrogens (tertiary/aromatic N) is 3. The fourth-order valence-electron chi connectivity index (χ4n) is 8.02. The molecule has 2 aliphatic rings. The van der Waals surface area contributed by atoms with Crippen LogP contribution in [0.4, 0.5) is 28.6 Å². The van der Waals surface area contributed by atoms with Gasteiger partial charge in [0.1, 0.15) is 5.82 Å². The lowest BCUT2D eigenvalue weighted by Gasteiger charge is -2.50. The lowest BCUT2D eigenvalue weighted by molar-refractivity contribution is 0.194. The largest absolute Gasteiger partial charge is 0.319 e. The molecule has 5 aromatic carbocycles. The SMILES string of the molecule is CC12CCCCC1(C)N(c1cc3ccccc3n1-c1ccccc1)c1c2ccc(N(c2ccccc2)c2ccccc2)c1Cl. The lowest BCUT2D eigenvalue weighted by Crippen LogP contribution is -2.55. The zero-order chi connectivity index (χ0) is 29.9. The molecule has 8 rings (SSSR count). The number of para-hydroxylation sites is 4. The summed E-state index contributed by atoms with van der Waals surface area (Å²) < 4.78 is 2.43. The second-order valence-corrected chi connectivity index (χ2v) is 13.1. The van der Waals surface area contributed by atoms with Crippen LogP contribution in [0.25, 0.3) is 16.6 Å². The van der Waals surface area contributed by atoms with Crippen LogP contribution >= 0.6 is 11.6 Å². The van der Waals surface area contributed by atoms with E-state index in [0.29, 0.717) is 0 Å². The summed E-state index contributed by atoms with van der Waals surface area (Å²) in [5, 5.41) is 2.01. The molecule has 0 N–H and O–H groups in total. The number of halogens is 1. The van der Waals surface area contributed by atoms with Crippen LogP contribution in [0.2, 0.25) is 5.02 Å². The van der Waals surface area contributed by atoms with E-state index in [1.165, 1.54) is 29.3 Å². The first-order chi connectivity index (χ1) is 21.5. The maximum absolute atomic E-state index is 7.79. The van der Waals surface area contributed by atoms with E-state index in [1.54, 1.807) is 0 Å². The highest BCUT2D eigenvalue weighted by atomic mass is 35.5. The van der Waals surface area contributed by atoms with Crippen LogP contribution in [0, 0.1) is 0 Å². The molecule has 6 aromatic rings. The van der Waals surface area contributed by atoms with Gasteiger partial charge in [0.15, 0.2) is 0 Å². The Morgan fingerprint density at radius 2 is 1.25 bits per heavy atom. The number of aromatic nitrogens is 1. The average molecular weight is 594 g/mol. The predicted molar refractivity (Wildman–Crippen MR) is 186 cm³/mol. The van der Waals surface area contributed by atoms with Crippen molar-refractivity contribution in [2.24, 2.45) is 0 Å². The van der Waals surface area contributed by atoms with Crippen LogP contribution in [-0.2, 0) is 5.41 Å². The summed E-state index contributed by atoms with van der Waals surface area (Å²) in [5.41, 5.74) is 7.78. The molecule has 0 radical (unpaired) electrons. The number of anilines is 5. The van der Waals surface area contributed by atoms with E-state index < -0.39 is 0 Å². The van der Waals surface area contributed by atoms with Crippen molar-refractivity contribution in [3.05, 3.63) is 144 Å². The molecule has 0 amide bonds. The van der Waals surface area contributed by atoms with E-state index in [1.807, 2.05) is 0 Å². The fourth-order valence-corrected chi connectivity index (χ4v) is 8.35. The highest BCUT2D eigenvalue weighted by Gasteiger charge is 2.59. The van der Waals surface area contributed by atoms with Gasteiger partial charge in [-0.1, -0.05) is 110 Å². The van der Waals surface area contributed by atoms with Crippen molar-refractivity contribution in [3.8, 4) is 5.69 Å². The van der Waals surface area contributed by atoms with E-state index in [4.69, 9.17) is 11.6 Å². The summed E-state index contributed by atoms with van der Waals surface area (Å²) >= 11 is 7.79. The lowest BCUT2D eigenvalue weighted by atomic mass is 9.61. The summed E-state index contributed by atoms with van der Waals surface area (Å²) in [5.74, 6) is 1.16. The van der Waals surface area contributed by atoms with Gasteiger partial charge in [-0.05, 0) is 79.9 Å². The molecular formula is C40H36ClN3. The molecule has 2 unspecified atom stereocenters. The molecular weight excluding hydrogens is 558 g/mol. The molecule has 1 fully saturated rings. The number of rotatable bonds is 5. The molecule has 1 aliphatic carbocycles. The van der Waals surface area contributed by atoms with Gasteiger partial charge in [0.25, 0.3) is 0 Å². The number of hydrogen-bond donors (Lipinski definition) is 0. The van der Waals surface area contributed by atoms with Crippen molar-refractivity contribution < 1.29 is 0 Å². The van der Waals surface area contributed by atoms with Crippen molar-refractivity contribution >= 4 is 51.1 Å². The first-order valence-corrected chi connectivity index (χ1v) is 16.1. The molecule has 218 valence electrons. The Morgan fingerprint density at radius 1 is 0.659 bits per heavy atom. The normalized spacial score (nSPS) is 20.8. The van der Waals surface area contributed by atoms with Crippen LogP contribution in [0.15, 0.2) is 133 Å². The van der Waals surface area contributed by atoms with Gasteiger partial charge in [0, 0.05) is 27.9 Å². The number of benzene rings is 5. The van der Waals surface area contributed by atoms with E-state index in [9.17, 15) is 0 Å². The third kappa shape index (κ3) is 3.89. The molecule has 3 nitrogen and oxygen atoms in total. The Bertz CT molecular complexity index is 1930. The third-order valence-corrected chi connectivity index (χ3v) is 10.8. The minimum absolute atomic E-state index is 0.0505. The summed E-state index contributed by atoms with van der Waals surface area (Å²) in [4.78, 5) is 4.91. The first kappa shape index (κ1) is 27.1. The first-order valence-electron chi connectivity index (χ1n) is 15.7. The van der Waals surface area contributed by atoms with Gasteiger partial charge in [-0.3, -0.25) is 4.57 Å². The van der Waals surface area contributed by atoms with Gasteiger partial charge >= 0.3 is 0 Å². The van der Waals surface area contributed by atoms with E-state index in [0.717, 1.165) is 52.1 Å². The van der Waals surface area contributed by atoms with Gasteiger partial charge < -0.3 is 9.80 Å². The molecule has 2 heterocycles. The maximum Gasteiger partial charge on any atom is 0.119 e. The zero-order valence-corrected chi connectivity index (χ0v) is 26.0. The van der Waals surface area contributed by atoms with Crippen molar-refractivity contribution in [2.75, 3.05) is 9.80 Å². The minimum atomic E-state index is -0.152. The van der Waals surface area contributed by atoms with Crippen molar-refractivity contribution in [1.82, 2.24) is 4.57 Å². The Balaban J connectivity index is 1.43. The molecule has 1 aromatic heterocycles. The van der Waals surface area contributed by atoms with Crippen molar-refractivity contribution in [1.29, 1.82) is 0 Å². The Labute approximate surface area is 264 Å². The smallest absolute Gasteiger partial charge is 0.119 e. The molecule has 0 bridgehead atoms. The Morgan fingerprint density at radius 3 is 1.93 bits per heavy atom. The monoisotopic (exact) mass is 593 g/mol. The quantitative estimate of drug-likeness (QED) is 0.197. The molecule has 0 spiro atoms. The average Bonchev–Trinajstić information content (AvgIpc) is 3.54. The van der Waals surface area contributed by atoms with Gasteiger partial charge in [0.05, 0.1) is 27.5 Å². The fraction of sp³-hybridized carbons (Fsp3) is 0.200. The van der Waals surface area contributed by atoms with Gasteiger partial charge in [-0.25, -0.2) is 0 Å². The molecule has 44 heavy (non-hydrogen) atoms. The van der Waals surface area contributed by atoms with Crippen LogP contribution in [0.3, 0.4) is 0 Å². The highest BCUT2D eigenvalue weighted by molar-refractivity contribution is 6.37. The van der Waals surface area contributed by atoms with Gasteiger partial charge in [-0.15, -0.1) is 0 Å². The number of hydrogen-bond acceptors (Lipinski definition) is 2. The predicted octanol–water partition coefficient (Wildman–Crippen LogP) is 11.5. The maximum atomic E-state index is 7.79. The summed E-state index contributed by atoms with van der Waals surface area (Å²) in [7, 11) is 0. The molecule has 2 atom stereocenters. The Kier molecular flexibility index (Phi) is 6.36. The van der Waals surface area contributed by atoms with Crippen LogP contribution < -0.4 is 9.80 Å². The summed E-state index contributed by atoms with van der Waals surface area (Å²) in [6.07, 6.45) is 4.66. The molecule has 0 saturated heterocycles. The van der Waals surface area contributed by atoms with Crippen molar-refractivity contribution in [2.45, 2.75) is 50.5 Å². The second-order valence-electron chi connectivity index (χ2n) is 12.7. The van der Waals surface area contributed by atoms with E-state index in [-0.39, 0.29) is 11.0 Å². The Hall–Kier alpha value is -4.47. The van der Waals surface area contributed by atoms with E-state index >= 15 is 0 Å². The topological polar surface area (TPSA) is 11.4 Å². The summed E-state index contributed by atoms with van der Waals surface area (Å²) in [6, 6.07) is 47.6. The minimum Gasteiger partial charge on any atom is -0.319 e. The van der Waals surface area contributed by atoms with Crippen LogP contribution in [0.1, 0.15) is 45.1 Å². The second kappa shape index (κ2) is 10.3. The molecule has 1 aliphatic heterocycles. The third-order valence-electron chi connectivity index (χ3n) is 10.4. The number of fused-ring (bicyclic) bond motifs is 4. The molecule has 1 saturated carbocycles. The van der Waals surface area contributed by atoms with Gasteiger partial charge in [0.2, 0.25) is 0 Å². The van der Waals surface area contributed by atoms with Crippen LogP contribution in [0.5, 0.6) is 0 Å². The van der Waals surface area contributed by atoms with Crippen molar-refractivity contribution in [3.63, 3.8) is 0 Å². The zero-order valence-electron chi connectivity index (χ0n) is 25.2. The standard InChI is InChI=1S/C40H36ClN3/c1-39-26-14-15-27-40(39,2)44(36-28-29-16-12-13-23-34(29)43(36)32-21-10-5-11-22-32)38-33(39)24-25-35(37(38)41)42(30-17-6-3-7-18-30)31-19-8-4-9-20-31/h3-13,16-25,28H,14-15,26-27H2,1-2H3. The highest BCUT2D eigenvalue weighted by Crippen LogP contribution is 2.64. The molecule has 4 heteroatoms. The van der Waals surface area contributed by atoms with E-state index in [2.05, 4.69) is 162 Å². The van der Waals surface area contributed by atoms with Gasteiger partial charge in [-0.2, -0.15) is 0 Å². The van der Waals surface area contributed by atoms with Crippen LogP contribution in [-0.4, -0.2) is 10.1 Å². The summed E-state index contributed by atoms with van der Waals surface area (Å²) in [6.45, 7) is 4.95.